The second-order valence-electron chi connectivity index (χ2n) is 5.63. The van der Waals surface area contributed by atoms with Crippen LogP contribution in [0, 0.1) is 0 Å². The van der Waals surface area contributed by atoms with E-state index in [4.69, 9.17) is 9.47 Å². The van der Waals surface area contributed by atoms with Crippen molar-refractivity contribution >= 4 is 10.0 Å². The second kappa shape index (κ2) is 6.44. The predicted octanol–water partition coefficient (Wildman–Crippen LogP) is 1.22. The molecule has 6 nitrogen and oxygen atoms in total. The first-order chi connectivity index (χ1) is 10.6. The number of nitrogens with zero attached hydrogens (tertiary/aromatic N) is 1. The van der Waals surface area contributed by atoms with Crippen LogP contribution in [0.2, 0.25) is 0 Å². The maximum Gasteiger partial charge on any atom is 0.244 e. The van der Waals surface area contributed by atoms with E-state index < -0.39 is 10.0 Å². The maximum atomic E-state index is 12.7. The van der Waals surface area contributed by atoms with Gasteiger partial charge in [0.05, 0.1) is 0 Å². The third-order valence-electron chi connectivity index (χ3n) is 4.09. The number of hydrogen-bond donors (Lipinski definition) is 1. The molecule has 1 fully saturated rings. The van der Waals surface area contributed by atoms with Crippen molar-refractivity contribution in [1.29, 1.82) is 0 Å². The zero-order valence-corrected chi connectivity index (χ0v) is 13.6. The van der Waals surface area contributed by atoms with Crippen molar-refractivity contribution in [3.05, 3.63) is 18.2 Å². The summed E-state index contributed by atoms with van der Waals surface area (Å²) in [6, 6.07) is 4.92. The Morgan fingerprint density at radius 3 is 2.95 bits per heavy atom. The Morgan fingerprint density at radius 1 is 1.32 bits per heavy atom. The molecule has 0 unspecified atom stereocenters. The first-order valence-corrected chi connectivity index (χ1v) is 9.22. The molecule has 0 saturated carbocycles. The van der Waals surface area contributed by atoms with Gasteiger partial charge >= 0.3 is 0 Å². The van der Waals surface area contributed by atoms with Crippen LogP contribution in [0.3, 0.4) is 0 Å². The van der Waals surface area contributed by atoms with Crippen molar-refractivity contribution in [1.82, 2.24) is 9.62 Å². The van der Waals surface area contributed by atoms with Gasteiger partial charge in [0.25, 0.3) is 0 Å². The Bertz CT molecular complexity index is 632. The lowest BCUT2D eigenvalue weighted by molar-refractivity contribution is 0.166. The highest BCUT2D eigenvalue weighted by molar-refractivity contribution is 7.89. The maximum absolute atomic E-state index is 12.7. The Kier molecular flexibility index (Phi) is 4.56. The lowest BCUT2D eigenvalue weighted by Gasteiger charge is -2.32. The van der Waals surface area contributed by atoms with Gasteiger partial charge in [-0.05, 0) is 38.1 Å². The highest BCUT2D eigenvalue weighted by atomic mass is 32.2. The number of rotatable bonds is 4. The fraction of sp³-hybridized carbons (Fsp3) is 0.600. The van der Waals surface area contributed by atoms with Gasteiger partial charge in [0.2, 0.25) is 10.0 Å². The third-order valence-corrected chi connectivity index (χ3v) is 5.64. The second-order valence-corrected chi connectivity index (χ2v) is 7.32. The smallest absolute Gasteiger partial charge is 0.244 e. The molecular formula is C15H22N2O4S. The number of sulfonamides is 1. The summed E-state index contributed by atoms with van der Waals surface area (Å²) >= 11 is 0. The largest absolute Gasteiger partial charge is 0.486 e. The molecule has 2 aliphatic heterocycles. The van der Waals surface area contributed by atoms with E-state index in [9.17, 15) is 8.42 Å². The third kappa shape index (κ3) is 3.21. The number of likely N-dealkylation sites (N-methyl/N-ethyl adjacent to an activating group) is 1. The highest BCUT2D eigenvalue weighted by Crippen LogP contribution is 2.36. The molecule has 0 bridgehead atoms. The summed E-state index contributed by atoms with van der Waals surface area (Å²) in [4.78, 5) is 2.43. The molecule has 0 aliphatic carbocycles. The van der Waals surface area contributed by atoms with Gasteiger partial charge < -0.3 is 14.4 Å². The number of ether oxygens (including phenoxy) is 2. The molecule has 1 N–H and O–H groups in total. The van der Waals surface area contributed by atoms with Gasteiger partial charge in [-0.25, -0.2) is 13.1 Å². The quantitative estimate of drug-likeness (QED) is 0.901. The zero-order valence-electron chi connectivity index (χ0n) is 12.7. The number of likely N-dealkylation sites (tertiary alicyclic amines) is 1. The van der Waals surface area contributed by atoms with Crippen molar-refractivity contribution in [3.8, 4) is 11.5 Å². The SMILES string of the molecule is CCN1CCC[C@@H](NS(=O)(=O)c2cccc3c2OCCO3)C1. The van der Waals surface area contributed by atoms with Crippen LogP contribution in [0.15, 0.2) is 23.1 Å². The first-order valence-electron chi connectivity index (χ1n) is 7.73. The van der Waals surface area contributed by atoms with Gasteiger partial charge in [-0.2, -0.15) is 0 Å². The van der Waals surface area contributed by atoms with Crippen molar-refractivity contribution < 1.29 is 17.9 Å². The molecule has 1 aromatic carbocycles. The van der Waals surface area contributed by atoms with Gasteiger partial charge in [-0.3, -0.25) is 0 Å². The average Bonchev–Trinajstić information content (AvgIpc) is 2.54. The summed E-state index contributed by atoms with van der Waals surface area (Å²) < 4.78 is 39.2. The van der Waals surface area contributed by atoms with Gasteiger partial charge in [0.1, 0.15) is 18.1 Å². The molecule has 2 aliphatic rings. The summed E-state index contributed by atoms with van der Waals surface area (Å²) in [5.41, 5.74) is 0. The molecule has 0 spiro atoms. The lowest BCUT2D eigenvalue weighted by Crippen LogP contribution is -2.47. The Balaban J connectivity index is 1.81. The van der Waals surface area contributed by atoms with E-state index >= 15 is 0 Å². The van der Waals surface area contributed by atoms with Crippen LogP contribution in [0.1, 0.15) is 19.8 Å². The van der Waals surface area contributed by atoms with Crippen LogP contribution in [0.25, 0.3) is 0 Å². The average molecular weight is 326 g/mol. The van der Waals surface area contributed by atoms with E-state index in [-0.39, 0.29) is 10.9 Å². The molecule has 1 saturated heterocycles. The molecule has 2 heterocycles. The Hall–Kier alpha value is -1.31. The molecule has 0 radical (unpaired) electrons. The monoisotopic (exact) mass is 326 g/mol. The predicted molar refractivity (Wildman–Crippen MR) is 82.9 cm³/mol. The fourth-order valence-corrected chi connectivity index (χ4v) is 4.40. The standard InChI is InChI=1S/C15H22N2O4S/c1-2-17-8-4-5-12(11-17)16-22(18,19)14-7-3-6-13-15(14)21-10-9-20-13/h3,6-7,12,16H,2,4-5,8-11H2,1H3/t12-/m1/s1. The number of piperidine rings is 1. The lowest BCUT2D eigenvalue weighted by atomic mass is 10.1. The normalized spacial score (nSPS) is 22.5. The summed E-state index contributed by atoms with van der Waals surface area (Å²) in [7, 11) is -3.61. The van der Waals surface area contributed by atoms with E-state index in [0.29, 0.717) is 24.7 Å². The summed E-state index contributed by atoms with van der Waals surface area (Å²) in [5.74, 6) is 0.817. The minimum absolute atomic E-state index is 0.0564. The van der Waals surface area contributed by atoms with Crippen LogP contribution in [-0.4, -0.2) is 52.2 Å². The van der Waals surface area contributed by atoms with Gasteiger partial charge in [0.15, 0.2) is 11.5 Å². The van der Waals surface area contributed by atoms with E-state index in [0.717, 1.165) is 32.5 Å². The topological polar surface area (TPSA) is 67.9 Å². The van der Waals surface area contributed by atoms with Crippen LogP contribution < -0.4 is 14.2 Å². The molecule has 7 heteroatoms. The van der Waals surface area contributed by atoms with Crippen LogP contribution in [0.5, 0.6) is 11.5 Å². The van der Waals surface area contributed by atoms with Crippen LogP contribution >= 0.6 is 0 Å². The molecular weight excluding hydrogens is 304 g/mol. The van der Waals surface area contributed by atoms with Crippen molar-refractivity contribution in [2.24, 2.45) is 0 Å². The minimum Gasteiger partial charge on any atom is -0.486 e. The van der Waals surface area contributed by atoms with E-state index in [2.05, 4.69) is 16.5 Å². The molecule has 1 atom stereocenters. The van der Waals surface area contributed by atoms with Gasteiger partial charge in [0, 0.05) is 12.6 Å². The van der Waals surface area contributed by atoms with E-state index in [1.165, 1.54) is 0 Å². The number of fused-ring (bicyclic) bond motifs is 1. The summed E-state index contributed by atoms with van der Waals surface area (Å²) in [6.45, 7) is 5.63. The van der Waals surface area contributed by atoms with E-state index in [1.54, 1.807) is 18.2 Å². The minimum atomic E-state index is -3.61. The zero-order chi connectivity index (χ0) is 15.6. The number of hydrogen-bond acceptors (Lipinski definition) is 5. The van der Waals surface area contributed by atoms with Crippen LogP contribution in [-0.2, 0) is 10.0 Å². The van der Waals surface area contributed by atoms with Gasteiger partial charge in [-0.15, -0.1) is 0 Å². The van der Waals surface area contributed by atoms with E-state index in [1.807, 2.05) is 0 Å². The first kappa shape index (κ1) is 15.6. The molecule has 3 rings (SSSR count). The Morgan fingerprint density at radius 2 is 2.14 bits per heavy atom. The van der Waals surface area contributed by atoms with Gasteiger partial charge in [-0.1, -0.05) is 13.0 Å². The molecule has 0 aromatic heterocycles. The number of para-hydroxylation sites is 1. The molecule has 1 aromatic rings. The number of nitrogens with one attached hydrogen (secondary N) is 1. The van der Waals surface area contributed by atoms with Crippen molar-refractivity contribution in [2.45, 2.75) is 30.7 Å². The fourth-order valence-electron chi connectivity index (χ4n) is 2.98. The Labute approximate surface area is 131 Å². The molecule has 0 amide bonds. The summed E-state index contributed by atoms with van der Waals surface area (Å²) in [6.07, 6.45) is 1.87. The molecule has 22 heavy (non-hydrogen) atoms. The molecule has 122 valence electrons. The summed E-state index contributed by atoms with van der Waals surface area (Å²) in [5, 5.41) is 0. The van der Waals surface area contributed by atoms with Crippen molar-refractivity contribution in [2.75, 3.05) is 32.8 Å². The number of benzene rings is 1. The highest BCUT2D eigenvalue weighted by Gasteiger charge is 2.29. The van der Waals surface area contributed by atoms with Crippen LogP contribution in [0.4, 0.5) is 0 Å². The van der Waals surface area contributed by atoms with Crippen molar-refractivity contribution in [3.63, 3.8) is 0 Å².